The van der Waals surface area contributed by atoms with Gasteiger partial charge in [0.1, 0.15) is 11.3 Å². The van der Waals surface area contributed by atoms with Crippen molar-refractivity contribution in [3.05, 3.63) is 69.7 Å². The summed E-state index contributed by atoms with van der Waals surface area (Å²) in [6, 6.07) is 11.5. The summed E-state index contributed by atoms with van der Waals surface area (Å²) in [5, 5.41) is 10.1. The van der Waals surface area contributed by atoms with Crippen LogP contribution in [0.4, 0.5) is 5.69 Å². The third-order valence-corrected chi connectivity index (χ3v) is 4.70. The van der Waals surface area contributed by atoms with Gasteiger partial charge in [0.05, 0.1) is 22.1 Å². The summed E-state index contributed by atoms with van der Waals surface area (Å²) in [6.45, 7) is 7.19. The minimum absolute atomic E-state index is 0.0888. The van der Waals surface area contributed by atoms with Crippen molar-refractivity contribution >= 4 is 38.9 Å². The summed E-state index contributed by atoms with van der Waals surface area (Å²) in [5.74, 6) is -0.0888. The van der Waals surface area contributed by atoms with Crippen LogP contribution < -0.4 is 5.56 Å². The Morgan fingerprint density at radius 3 is 2.61 bits per heavy atom. The largest absolute Gasteiger partial charge is 0.339 e. The Balaban J connectivity index is 2.16. The summed E-state index contributed by atoms with van der Waals surface area (Å²) in [6.07, 6.45) is 1.43. The first kappa shape index (κ1) is 17.9. The van der Waals surface area contributed by atoms with Crippen LogP contribution in [0.5, 0.6) is 0 Å². The molecule has 2 aromatic heterocycles. The number of para-hydroxylation sites is 1. The average Bonchev–Trinajstić information content (AvgIpc) is 2.93. The first-order valence-corrected chi connectivity index (χ1v) is 9.04. The van der Waals surface area contributed by atoms with Crippen molar-refractivity contribution in [3.63, 3.8) is 0 Å². The smallest absolute Gasteiger partial charge is 0.266 e. The second-order valence-corrected chi connectivity index (χ2v) is 7.08. The first-order valence-electron chi connectivity index (χ1n) is 9.04. The van der Waals surface area contributed by atoms with Crippen LogP contribution in [0.1, 0.15) is 25.0 Å². The lowest BCUT2D eigenvalue weighted by Gasteiger charge is -2.03. The summed E-state index contributed by atoms with van der Waals surface area (Å²) < 4.78 is 1.67. The third kappa shape index (κ3) is 2.83. The fourth-order valence-corrected chi connectivity index (χ4v) is 3.68. The van der Waals surface area contributed by atoms with E-state index < -0.39 is 0 Å². The molecule has 0 spiro atoms. The predicted molar refractivity (Wildman–Crippen MR) is 111 cm³/mol. The van der Waals surface area contributed by atoms with E-state index in [-0.39, 0.29) is 11.3 Å². The number of aromatic nitrogens is 2. The van der Waals surface area contributed by atoms with Crippen molar-refractivity contribution in [1.82, 2.24) is 9.38 Å². The highest BCUT2D eigenvalue weighted by Gasteiger charge is 2.18. The lowest BCUT2D eigenvalue weighted by Crippen LogP contribution is -2.14. The molecule has 0 radical (unpaired) electrons. The molecule has 0 bridgehead atoms. The molecule has 2 heterocycles. The monoisotopic (exact) mass is 372 g/mol. The number of nitrogens with zero attached hydrogens (tertiary/aromatic N) is 3. The molecule has 0 atom stereocenters. The molecule has 28 heavy (non-hydrogen) atoms. The summed E-state index contributed by atoms with van der Waals surface area (Å²) in [4.78, 5) is 27.9. The highest BCUT2D eigenvalue weighted by atomic mass is 16.1. The molecule has 2 aromatic carbocycles. The third-order valence-electron chi connectivity index (χ3n) is 4.70. The fraction of sp³-hybridized carbons (Fsp3) is 0.182. The van der Waals surface area contributed by atoms with Gasteiger partial charge in [-0.25, -0.2) is 0 Å². The van der Waals surface area contributed by atoms with E-state index >= 15 is 0 Å². The zero-order valence-corrected chi connectivity index (χ0v) is 16.2. The van der Waals surface area contributed by atoms with Crippen LogP contribution in [0.3, 0.4) is 0 Å². The van der Waals surface area contributed by atoms with E-state index in [1.54, 1.807) is 11.3 Å². The van der Waals surface area contributed by atoms with Gasteiger partial charge in [-0.15, -0.1) is 5.11 Å². The number of allylic oxidation sites excluding steroid dienone is 2. The molecular formula is C22H20N4O2. The van der Waals surface area contributed by atoms with E-state index in [0.29, 0.717) is 22.4 Å². The number of benzene rings is 2. The highest BCUT2D eigenvalue weighted by Crippen LogP contribution is 2.35. The number of azo groups is 1. The summed E-state index contributed by atoms with van der Waals surface area (Å²) in [5.41, 5.74) is 5.20. The van der Waals surface area contributed by atoms with Gasteiger partial charge in [-0.3, -0.25) is 14.0 Å². The molecule has 0 unspecified atom stereocenters. The van der Waals surface area contributed by atoms with Crippen molar-refractivity contribution < 1.29 is 4.79 Å². The SMILES string of the molecule is CC(=O)/C=C(/C)N=Nc1c2cc(C)cc(C)c2n2c(=O)c3ccccc3[nH]c12. The van der Waals surface area contributed by atoms with Crippen LogP contribution in [0.2, 0.25) is 0 Å². The van der Waals surface area contributed by atoms with E-state index in [1.165, 1.54) is 13.0 Å². The maximum Gasteiger partial charge on any atom is 0.266 e. The van der Waals surface area contributed by atoms with Gasteiger partial charge in [-0.2, -0.15) is 5.11 Å². The Morgan fingerprint density at radius 2 is 1.86 bits per heavy atom. The molecule has 6 nitrogen and oxygen atoms in total. The number of H-pyrrole nitrogens is 1. The van der Waals surface area contributed by atoms with E-state index in [1.807, 2.05) is 50.2 Å². The number of carbonyl (C=O) groups excluding carboxylic acids is 1. The van der Waals surface area contributed by atoms with Crippen LogP contribution in [0.25, 0.3) is 27.5 Å². The maximum atomic E-state index is 13.3. The second-order valence-electron chi connectivity index (χ2n) is 7.08. The molecule has 0 fully saturated rings. The van der Waals surface area contributed by atoms with Crippen molar-refractivity contribution in [2.75, 3.05) is 0 Å². The zero-order chi connectivity index (χ0) is 20.0. The molecule has 0 saturated carbocycles. The first-order chi connectivity index (χ1) is 13.4. The quantitative estimate of drug-likeness (QED) is 0.400. The Bertz CT molecular complexity index is 1390. The molecule has 4 rings (SSSR count). The van der Waals surface area contributed by atoms with Gasteiger partial charge in [0.25, 0.3) is 5.56 Å². The van der Waals surface area contributed by atoms with E-state index in [4.69, 9.17) is 0 Å². The normalized spacial score (nSPS) is 12.6. The van der Waals surface area contributed by atoms with Gasteiger partial charge in [-0.1, -0.05) is 23.8 Å². The molecule has 0 aliphatic rings. The Kier molecular flexibility index (Phi) is 4.19. The van der Waals surface area contributed by atoms with Crippen LogP contribution in [0, 0.1) is 13.8 Å². The molecule has 0 aliphatic carbocycles. The van der Waals surface area contributed by atoms with Gasteiger partial charge < -0.3 is 4.98 Å². The van der Waals surface area contributed by atoms with Crippen molar-refractivity contribution in [2.45, 2.75) is 27.7 Å². The number of hydrogen-bond acceptors (Lipinski definition) is 4. The molecule has 0 amide bonds. The molecular weight excluding hydrogens is 352 g/mol. The lowest BCUT2D eigenvalue weighted by atomic mass is 10.1. The van der Waals surface area contributed by atoms with E-state index in [2.05, 4.69) is 15.2 Å². The fourth-order valence-electron chi connectivity index (χ4n) is 3.68. The van der Waals surface area contributed by atoms with Crippen molar-refractivity contribution in [1.29, 1.82) is 0 Å². The molecule has 0 aliphatic heterocycles. The number of aryl methyl sites for hydroxylation is 2. The summed E-state index contributed by atoms with van der Waals surface area (Å²) >= 11 is 0. The van der Waals surface area contributed by atoms with Gasteiger partial charge in [0.2, 0.25) is 0 Å². The van der Waals surface area contributed by atoms with Crippen LogP contribution in [-0.2, 0) is 4.79 Å². The Morgan fingerprint density at radius 1 is 1.11 bits per heavy atom. The van der Waals surface area contributed by atoms with Gasteiger partial charge in [0, 0.05) is 11.5 Å². The van der Waals surface area contributed by atoms with Crippen LogP contribution in [0.15, 0.2) is 63.2 Å². The standard InChI is InChI=1S/C22H20N4O2/c1-12-9-13(2)20-17(10-12)19(25-24-14(3)11-15(4)27)21-23-18-8-6-5-7-16(18)22(28)26(20)21/h5-11,23H,1-4H3/b14-11-,25-24?. The molecule has 0 saturated heterocycles. The maximum absolute atomic E-state index is 13.3. The minimum Gasteiger partial charge on any atom is -0.339 e. The number of nitrogens with one attached hydrogen (secondary N) is 1. The average molecular weight is 372 g/mol. The van der Waals surface area contributed by atoms with Gasteiger partial charge >= 0.3 is 0 Å². The minimum atomic E-state index is -0.0984. The number of carbonyl (C=O) groups is 1. The molecule has 140 valence electrons. The highest BCUT2D eigenvalue weighted by molar-refractivity contribution is 6.03. The number of fused-ring (bicyclic) bond motifs is 4. The number of aromatic amines is 1. The zero-order valence-electron chi connectivity index (χ0n) is 16.2. The summed E-state index contributed by atoms with van der Waals surface area (Å²) in [7, 11) is 0. The number of hydrogen-bond donors (Lipinski definition) is 1. The number of ketones is 1. The molecule has 6 heteroatoms. The van der Waals surface area contributed by atoms with E-state index in [9.17, 15) is 9.59 Å². The second kappa shape index (κ2) is 6.56. The molecule has 4 aromatic rings. The van der Waals surface area contributed by atoms with Crippen molar-refractivity contribution in [2.24, 2.45) is 10.2 Å². The molecule has 1 N–H and O–H groups in total. The predicted octanol–water partition coefficient (Wildman–Crippen LogP) is 5.13. The van der Waals surface area contributed by atoms with Crippen LogP contribution >= 0.6 is 0 Å². The van der Waals surface area contributed by atoms with Crippen molar-refractivity contribution in [3.8, 4) is 0 Å². The topological polar surface area (TPSA) is 79.1 Å². The van der Waals surface area contributed by atoms with Gasteiger partial charge in [0.15, 0.2) is 5.78 Å². The van der Waals surface area contributed by atoms with Crippen LogP contribution in [-0.4, -0.2) is 15.2 Å². The lowest BCUT2D eigenvalue weighted by molar-refractivity contribution is -0.112. The van der Waals surface area contributed by atoms with E-state index in [0.717, 1.165) is 27.5 Å². The number of rotatable bonds is 3. The Labute approximate surface area is 161 Å². The Hall–Kier alpha value is -3.54. The van der Waals surface area contributed by atoms with Gasteiger partial charge in [-0.05, 0) is 51.5 Å².